The number of thiazole rings is 1. The summed E-state index contributed by atoms with van der Waals surface area (Å²) < 4.78 is 4.54. The van der Waals surface area contributed by atoms with Crippen molar-refractivity contribution in [2.75, 3.05) is 25.5 Å². The minimum absolute atomic E-state index is 0.0908. The SMILES string of the molecule is COC(=O)CCc1csc(NC(=O)N2CC(O)C(O)C2)n1. The summed E-state index contributed by atoms with van der Waals surface area (Å²) in [6, 6.07) is -0.417. The fourth-order valence-electron chi connectivity index (χ4n) is 1.92. The molecule has 0 aliphatic carbocycles. The number of rotatable bonds is 4. The summed E-state index contributed by atoms with van der Waals surface area (Å²) in [5.41, 5.74) is 0.696. The number of urea groups is 1. The fraction of sp³-hybridized carbons (Fsp3) is 0.583. The Kier molecular flexibility index (Phi) is 5.10. The number of nitrogens with zero attached hydrogens (tertiary/aromatic N) is 2. The molecule has 9 heteroatoms. The van der Waals surface area contributed by atoms with Gasteiger partial charge in [0.1, 0.15) is 0 Å². The number of β-amino-alcohol motifs (C(OH)–C–C–N with tert-alkyl or cyclic N) is 2. The van der Waals surface area contributed by atoms with Crippen LogP contribution < -0.4 is 5.32 Å². The second-order valence-corrected chi connectivity index (χ2v) is 5.55. The van der Waals surface area contributed by atoms with Crippen molar-refractivity contribution in [2.45, 2.75) is 25.0 Å². The van der Waals surface area contributed by atoms with Crippen LogP contribution in [0.3, 0.4) is 0 Å². The monoisotopic (exact) mass is 315 g/mol. The quantitative estimate of drug-likeness (QED) is 0.664. The molecule has 2 amide bonds. The molecule has 1 saturated heterocycles. The van der Waals surface area contributed by atoms with E-state index in [2.05, 4.69) is 15.0 Å². The van der Waals surface area contributed by atoms with Gasteiger partial charge in [-0.3, -0.25) is 10.1 Å². The van der Waals surface area contributed by atoms with Gasteiger partial charge in [-0.25, -0.2) is 9.78 Å². The molecule has 0 bridgehead atoms. The number of likely N-dealkylation sites (tertiary alicyclic amines) is 1. The predicted octanol–water partition coefficient (Wildman–Crippen LogP) is -0.182. The molecule has 0 saturated carbocycles. The van der Waals surface area contributed by atoms with Gasteiger partial charge in [0.2, 0.25) is 0 Å². The molecule has 1 aromatic heterocycles. The molecule has 1 aliphatic heterocycles. The molecule has 21 heavy (non-hydrogen) atoms. The van der Waals surface area contributed by atoms with Crippen molar-refractivity contribution >= 4 is 28.5 Å². The highest BCUT2D eigenvalue weighted by Crippen LogP contribution is 2.18. The third-order valence-corrected chi connectivity index (χ3v) is 3.93. The van der Waals surface area contributed by atoms with Gasteiger partial charge in [0.25, 0.3) is 0 Å². The molecular formula is C12H17N3O5S. The highest BCUT2D eigenvalue weighted by molar-refractivity contribution is 7.13. The Bertz CT molecular complexity index is 511. The van der Waals surface area contributed by atoms with E-state index >= 15 is 0 Å². The molecule has 2 heterocycles. The smallest absolute Gasteiger partial charge is 0.323 e. The number of esters is 1. The number of hydrogen-bond acceptors (Lipinski definition) is 7. The second-order valence-electron chi connectivity index (χ2n) is 4.69. The number of methoxy groups -OCH3 is 1. The van der Waals surface area contributed by atoms with Gasteiger partial charge in [0, 0.05) is 11.8 Å². The van der Waals surface area contributed by atoms with Crippen molar-refractivity contribution in [1.29, 1.82) is 0 Å². The predicted molar refractivity (Wildman–Crippen MR) is 75.1 cm³/mol. The number of aliphatic hydroxyl groups is 2. The van der Waals surface area contributed by atoms with E-state index in [1.54, 1.807) is 5.38 Å². The zero-order valence-electron chi connectivity index (χ0n) is 11.5. The Morgan fingerprint density at radius 2 is 2.14 bits per heavy atom. The molecule has 2 atom stereocenters. The van der Waals surface area contributed by atoms with Crippen molar-refractivity contribution in [3.8, 4) is 0 Å². The van der Waals surface area contributed by atoms with Gasteiger partial charge < -0.3 is 19.8 Å². The number of ether oxygens (including phenoxy) is 1. The van der Waals surface area contributed by atoms with Gasteiger partial charge in [-0.2, -0.15) is 0 Å². The minimum atomic E-state index is -0.914. The van der Waals surface area contributed by atoms with E-state index in [4.69, 9.17) is 0 Å². The summed E-state index contributed by atoms with van der Waals surface area (Å²) in [7, 11) is 1.33. The number of aromatic nitrogens is 1. The number of carbonyl (C=O) groups is 2. The molecule has 0 spiro atoms. The third-order valence-electron chi connectivity index (χ3n) is 3.12. The van der Waals surface area contributed by atoms with Gasteiger partial charge in [-0.1, -0.05) is 0 Å². The highest BCUT2D eigenvalue weighted by atomic mass is 32.1. The van der Waals surface area contributed by atoms with E-state index in [1.165, 1.54) is 23.3 Å². The van der Waals surface area contributed by atoms with Crippen LogP contribution in [0.1, 0.15) is 12.1 Å². The molecule has 1 aromatic rings. The largest absolute Gasteiger partial charge is 0.469 e. The van der Waals surface area contributed by atoms with Crippen LogP contribution >= 0.6 is 11.3 Å². The number of aryl methyl sites for hydroxylation is 1. The Hall–Kier alpha value is -1.71. The molecular weight excluding hydrogens is 298 g/mol. The number of carbonyl (C=O) groups excluding carboxylic acids is 2. The van der Waals surface area contributed by atoms with Crippen LogP contribution in [0.4, 0.5) is 9.93 Å². The second kappa shape index (κ2) is 6.83. The molecule has 1 aliphatic rings. The lowest BCUT2D eigenvalue weighted by Crippen LogP contribution is -2.33. The van der Waals surface area contributed by atoms with Crippen LogP contribution in [0.25, 0.3) is 0 Å². The van der Waals surface area contributed by atoms with E-state index in [1.807, 2.05) is 0 Å². The Morgan fingerprint density at radius 1 is 1.48 bits per heavy atom. The first-order chi connectivity index (χ1) is 9.99. The van der Waals surface area contributed by atoms with Crippen molar-refractivity contribution in [1.82, 2.24) is 9.88 Å². The van der Waals surface area contributed by atoms with Gasteiger partial charge in [-0.05, 0) is 0 Å². The first kappa shape index (κ1) is 15.7. The van der Waals surface area contributed by atoms with Crippen LogP contribution in [0.15, 0.2) is 5.38 Å². The van der Waals surface area contributed by atoms with E-state index in [0.29, 0.717) is 17.2 Å². The molecule has 2 unspecified atom stereocenters. The lowest BCUT2D eigenvalue weighted by molar-refractivity contribution is -0.140. The molecule has 3 N–H and O–H groups in total. The van der Waals surface area contributed by atoms with E-state index in [0.717, 1.165) is 0 Å². The van der Waals surface area contributed by atoms with Crippen LogP contribution in [0.2, 0.25) is 0 Å². The lowest BCUT2D eigenvalue weighted by atomic mass is 10.2. The van der Waals surface area contributed by atoms with Gasteiger partial charge in [0.15, 0.2) is 5.13 Å². The molecule has 0 aromatic carbocycles. The van der Waals surface area contributed by atoms with Crippen LogP contribution in [-0.2, 0) is 16.0 Å². The van der Waals surface area contributed by atoms with Crippen molar-refractivity contribution in [3.63, 3.8) is 0 Å². The summed E-state index contributed by atoms with van der Waals surface area (Å²) >= 11 is 1.25. The molecule has 0 radical (unpaired) electrons. The van der Waals surface area contributed by atoms with Crippen LogP contribution in [0.5, 0.6) is 0 Å². The number of nitrogens with one attached hydrogen (secondary N) is 1. The van der Waals surface area contributed by atoms with Crippen molar-refractivity contribution in [3.05, 3.63) is 11.1 Å². The standard InChI is InChI=1S/C12H17N3O5S/c1-20-10(18)3-2-7-6-21-11(13-7)14-12(19)15-4-8(16)9(17)5-15/h6,8-9,16-17H,2-5H2,1H3,(H,13,14,19). The average Bonchev–Trinajstić information content (AvgIpc) is 3.03. The van der Waals surface area contributed by atoms with E-state index < -0.39 is 18.2 Å². The Labute approximate surface area is 125 Å². The summed E-state index contributed by atoms with van der Waals surface area (Å²) in [6.07, 6.45) is -1.15. The molecule has 1 fully saturated rings. The number of aliphatic hydroxyl groups excluding tert-OH is 2. The molecule has 8 nitrogen and oxygen atoms in total. The summed E-state index contributed by atoms with van der Waals surface area (Å²) in [5.74, 6) is -0.311. The van der Waals surface area contributed by atoms with Crippen LogP contribution in [-0.4, -0.2) is 64.5 Å². The maximum Gasteiger partial charge on any atom is 0.323 e. The average molecular weight is 315 g/mol. The van der Waals surface area contributed by atoms with Gasteiger partial charge >= 0.3 is 12.0 Å². The molecule has 2 rings (SSSR count). The highest BCUT2D eigenvalue weighted by Gasteiger charge is 2.32. The summed E-state index contributed by atoms with van der Waals surface area (Å²) in [5, 5.41) is 23.6. The summed E-state index contributed by atoms with van der Waals surface area (Å²) in [6.45, 7) is 0.182. The number of hydrogen-bond donors (Lipinski definition) is 3. The first-order valence-corrected chi connectivity index (χ1v) is 7.31. The lowest BCUT2D eigenvalue weighted by Gasteiger charge is -2.14. The number of anilines is 1. The number of amides is 2. The Balaban J connectivity index is 1.85. The van der Waals surface area contributed by atoms with Gasteiger partial charge in [-0.15, -0.1) is 11.3 Å². The minimum Gasteiger partial charge on any atom is -0.469 e. The summed E-state index contributed by atoms with van der Waals surface area (Å²) in [4.78, 5) is 28.5. The topological polar surface area (TPSA) is 112 Å². The normalized spacial score (nSPS) is 21.4. The van der Waals surface area contributed by atoms with Crippen LogP contribution in [0, 0.1) is 0 Å². The van der Waals surface area contributed by atoms with Crippen molar-refractivity contribution in [2.24, 2.45) is 0 Å². The van der Waals surface area contributed by atoms with Gasteiger partial charge in [0.05, 0.1) is 44.5 Å². The fourth-order valence-corrected chi connectivity index (χ4v) is 2.65. The molecule has 116 valence electrons. The zero-order chi connectivity index (χ0) is 15.4. The first-order valence-electron chi connectivity index (χ1n) is 6.43. The maximum atomic E-state index is 11.9. The van der Waals surface area contributed by atoms with E-state index in [-0.39, 0.29) is 25.5 Å². The van der Waals surface area contributed by atoms with Crippen molar-refractivity contribution < 1.29 is 24.5 Å². The zero-order valence-corrected chi connectivity index (χ0v) is 12.3. The maximum absolute atomic E-state index is 11.9. The Morgan fingerprint density at radius 3 is 2.76 bits per heavy atom. The third kappa shape index (κ3) is 4.13. The van der Waals surface area contributed by atoms with E-state index in [9.17, 15) is 19.8 Å².